The largest absolute Gasteiger partial charge is 0.339 e. The Kier molecular flexibility index (Phi) is 4.57. The molecule has 1 aromatic rings. The highest BCUT2D eigenvalue weighted by atomic mass is 19.1. The average Bonchev–Trinajstić information content (AvgIpc) is 2.27. The summed E-state index contributed by atoms with van der Waals surface area (Å²) in [6.07, 6.45) is 0.582. The highest BCUT2D eigenvalue weighted by molar-refractivity contribution is 5.94. The van der Waals surface area contributed by atoms with Crippen molar-refractivity contribution in [1.82, 2.24) is 4.90 Å². The number of amides is 1. The number of carbonyl (C=O) groups excluding carboxylic acids is 1. The summed E-state index contributed by atoms with van der Waals surface area (Å²) >= 11 is 0. The molecular formula is C12H16F2N2O. The van der Waals surface area contributed by atoms with E-state index in [1.54, 1.807) is 6.92 Å². The molecule has 0 fully saturated rings. The lowest BCUT2D eigenvalue weighted by Gasteiger charge is -2.24. The Balaban J connectivity index is 2.96. The van der Waals surface area contributed by atoms with E-state index in [1.807, 2.05) is 0 Å². The number of rotatable bonds is 4. The van der Waals surface area contributed by atoms with Crippen molar-refractivity contribution in [3.63, 3.8) is 0 Å². The van der Waals surface area contributed by atoms with Crippen LogP contribution in [0.5, 0.6) is 0 Å². The van der Waals surface area contributed by atoms with Gasteiger partial charge >= 0.3 is 0 Å². The highest BCUT2D eigenvalue weighted by Crippen LogP contribution is 2.15. The molecule has 0 spiro atoms. The number of halogens is 2. The topological polar surface area (TPSA) is 46.3 Å². The second-order valence-corrected chi connectivity index (χ2v) is 3.94. The normalized spacial score (nSPS) is 12.3. The van der Waals surface area contributed by atoms with Crippen LogP contribution in [0.1, 0.15) is 23.7 Å². The smallest absolute Gasteiger partial charge is 0.259 e. The average molecular weight is 242 g/mol. The summed E-state index contributed by atoms with van der Waals surface area (Å²) in [6.45, 7) is 2.20. The van der Waals surface area contributed by atoms with Crippen LogP contribution in [0.15, 0.2) is 18.2 Å². The zero-order valence-corrected chi connectivity index (χ0v) is 9.91. The second-order valence-electron chi connectivity index (χ2n) is 3.94. The van der Waals surface area contributed by atoms with Gasteiger partial charge in [0.15, 0.2) is 0 Å². The van der Waals surface area contributed by atoms with Crippen molar-refractivity contribution in [1.29, 1.82) is 0 Å². The number of benzene rings is 1. The Morgan fingerprint density at radius 3 is 2.41 bits per heavy atom. The minimum absolute atomic E-state index is 0.161. The molecule has 1 atom stereocenters. The lowest BCUT2D eigenvalue weighted by molar-refractivity contribution is 0.0729. The lowest BCUT2D eigenvalue weighted by Crippen LogP contribution is -2.37. The Bertz CT molecular complexity index is 389. The predicted octanol–water partition coefficient (Wildman–Crippen LogP) is 1.77. The number of nitrogens with two attached hydrogens (primary N) is 1. The zero-order valence-electron chi connectivity index (χ0n) is 9.91. The fourth-order valence-corrected chi connectivity index (χ4v) is 1.51. The Morgan fingerprint density at radius 2 is 1.94 bits per heavy atom. The molecule has 1 aromatic carbocycles. The third-order valence-electron chi connectivity index (χ3n) is 2.74. The maximum atomic E-state index is 13.4. The van der Waals surface area contributed by atoms with Crippen molar-refractivity contribution >= 4 is 5.91 Å². The van der Waals surface area contributed by atoms with E-state index in [1.165, 1.54) is 18.0 Å². The van der Waals surface area contributed by atoms with Gasteiger partial charge in [-0.05, 0) is 32.0 Å². The number of hydrogen-bond acceptors (Lipinski definition) is 2. The Labute approximate surface area is 99.2 Å². The number of carbonyl (C=O) groups is 1. The van der Waals surface area contributed by atoms with Gasteiger partial charge in [0, 0.05) is 13.1 Å². The van der Waals surface area contributed by atoms with Crippen LogP contribution in [0.25, 0.3) is 0 Å². The van der Waals surface area contributed by atoms with Gasteiger partial charge in [-0.3, -0.25) is 4.79 Å². The Hall–Kier alpha value is -1.49. The van der Waals surface area contributed by atoms with Crippen molar-refractivity contribution < 1.29 is 13.6 Å². The van der Waals surface area contributed by atoms with Gasteiger partial charge in [0.2, 0.25) is 0 Å². The summed E-state index contributed by atoms with van der Waals surface area (Å²) in [5.41, 5.74) is 4.86. The minimum atomic E-state index is -0.846. The molecule has 1 unspecified atom stereocenters. The summed E-state index contributed by atoms with van der Waals surface area (Å²) in [4.78, 5) is 13.2. The van der Waals surface area contributed by atoms with Crippen molar-refractivity contribution in [2.45, 2.75) is 19.4 Å². The zero-order chi connectivity index (χ0) is 13.0. The van der Waals surface area contributed by atoms with Gasteiger partial charge in [-0.25, -0.2) is 8.78 Å². The molecule has 1 rings (SSSR count). The summed E-state index contributed by atoms with van der Waals surface area (Å²) in [5, 5.41) is 0. The number of nitrogens with zero attached hydrogens (tertiary/aromatic N) is 1. The monoisotopic (exact) mass is 242 g/mol. The summed E-state index contributed by atoms with van der Waals surface area (Å²) < 4.78 is 26.8. The fraction of sp³-hybridized carbons (Fsp3) is 0.417. The van der Waals surface area contributed by atoms with Crippen molar-refractivity contribution in [3.05, 3.63) is 35.4 Å². The molecule has 0 radical (unpaired) electrons. The van der Waals surface area contributed by atoms with E-state index < -0.39 is 23.1 Å². The SMILES string of the molecule is CC(CCN)N(C)C(=O)c1c(F)cccc1F. The first kappa shape index (κ1) is 13.6. The lowest BCUT2D eigenvalue weighted by atomic mass is 10.1. The van der Waals surface area contributed by atoms with Crippen molar-refractivity contribution in [2.75, 3.05) is 13.6 Å². The number of hydrogen-bond donors (Lipinski definition) is 1. The van der Waals surface area contributed by atoms with Crippen LogP contribution >= 0.6 is 0 Å². The molecule has 5 heteroatoms. The highest BCUT2D eigenvalue weighted by Gasteiger charge is 2.23. The third-order valence-corrected chi connectivity index (χ3v) is 2.74. The van der Waals surface area contributed by atoms with Gasteiger partial charge < -0.3 is 10.6 Å². The molecule has 94 valence electrons. The first-order valence-electron chi connectivity index (χ1n) is 5.40. The van der Waals surface area contributed by atoms with E-state index in [9.17, 15) is 13.6 Å². The quantitative estimate of drug-likeness (QED) is 0.874. The molecule has 0 aliphatic rings. The first-order valence-corrected chi connectivity index (χ1v) is 5.40. The van der Waals surface area contributed by atoms with Gasteiger partial charge in [0.05, 0.1) is 0 Å². The molecule has 0 saturated carbocycles. The minimum Gasteiger partial charge on any atom is -0.339 e. The van der Waals surface area contributed by atoms with Crippen LogP contribution in [0, 0.1) is 11.6 Å². The maximum absolute atomic E-state index is 13.4. The summed E-state index contributed by atoms with van der Waals surface area (Å²) in [6, 6.07) is 3.20. The molecular weight excluding hydrogens is 226 g/mol. The molecule has 0 bridgehead atoms. The molecule has 0 aromatic heterocycles. The standard InChI is InChI=1S/C12H16F2N2O/c1-8(6-7-15)16(2)12(17)11-9(13)4-3-5-10(11)14/h3-5,8H,6-7,15H2,1-2H3. The van der Waals surface area contributed by atoms with Crippen LogP contribution in [0.2, 0.25) is 0 Å². The van der Waals surface area contributed by atoms with E-state index in [4.69, 9.17) is 5.73 Å². The summed E-state index contributed by atoms with van der Waals surface area (Å²) in [7, 11) is 1.51. The van der Waals surface area contributed by atoms with Crippen LogP contribution in [-0.2, 0) is 0 Å². The molecule has 0 aliphatic heterocycles. The molecule has 0 heterocycles. The molecule has 17 heavy (non-hydrogen) atoms. The van der Waals surface area contributed by atoms with Crippen molar-refractivity contribution in [2.24, 2.45) is 5.73 Å². The fourth-order valence-electron chi connectivity index (χ4n) is 1.51. The third kappa shape index (κ3) is 3.00. The van der Waals surface area contributed by atoms with Crippen LogP contribution in [-0.4, -0.2) is 30.4 Å². The van der Waals surface area contributed by atoms with Crippen LogP contribution < -0.4 is 5.73 Å². The van der Waals surface area contributed by atoms with Gasteiger partial charge in [-0.2, -0.15) is 0 Å². The molecule has 0 saturated heterocycles. The predicted molar refractivity (Wildman–Crippen MR) is 61.6 cm³/mol. The van der Waals surface area contributed by atoms with E-state index in [-0.39, 0.29) is 6.04 Å². The molecule has 3 nitrogen and oxygen atoms in total. The first-order chi connectivity index (χ1) is 7.99. The van der Waals surface area contributed by atoms with Crippen molar-refractivity contribution in [3.8, 4) is 0 Å². The molecule has 2 N–H and O–H groups in total. The van der Waals surface area contributed by atoms with Gasteiger partial charge in [0.25, 0.3) is 5.91 Å². The van der Waals surface area contributed by atoms with Gasteiger partial charge in [0.1, 0.15) is 17.2 Å². The van der Waals surface area contributed by atoms with E-state index in [0.717, 1.165) is 12.1 Å². The van der Waals surface area contributed by atoms with Gasteiger partial charge in [-0.1, -0.05) is 6.07 Å². The van der Waals surface area contributed by atoms with E-state index in [0.29, 0.717) is 13.0 Å². The summed E-state index contributed by atoms with van der Waals surface area (Å²) in [5.74, 6) is -2.36. The Morgan fingerprint density at radius 1 is 1.41 bits per heavy atom. The van der Waals surface area contributed by atoms with Crippen LogP contribution in [0.4, 0.5) is 8.78 Å². The van der Waals surface area contributed by atoms with E-state index >= 15 is 0 Å². The second kappa shape index (κ2) is 5.72. The maximum Gasteiger partial charge on any atom is 0.259 e. The molecule has 1 amide bonds. The van der Waals surface area contributed by atoms with Crippen LogP contribution in [0.3, 0.4) is 0 Å². The molecule has 0 aliphatic carbocycles. The van der Waals surface area contributed by atoms with Gasteiger partial charge in [-0.15, -0.1) is 0 Å². The van der Waals surface area contributed by atoms with E-state index in [2.05, 4.69) is 0 Å².